The summed E-state index contributed by atoms with van der Waals surface area (Å²) in [4.78, 5) is 10.4. The maximum Gasteiger partial charge on any atom is 0.320 e. The number of carboxylic acids is 1. The molecule has 1 aliphatic carbocycles. The van der Waals surface area contributed by atoms with Crippen LogP contribution in [0.5, 0.6) is 0 Å². The second-order valence-electron chi connectivity index (χ2n) is 3.61. The molecular weight excluding hydrogens is 168 g/mol. The molecule has 0 amide bonds. The van der Waals surface area contributed by atoms with Gasteiger partial charge in [-0.2, -0.15) is 5.26 Å². The average Bonchev–Trinajstić information content (AvgIpc) is 1.99. The van der Waals surface area contributed by atoms with Gasteiger partial charge in [-0.05, 0) is 25.2 Å². The van der Waals surface area contributed by atoms with Crippen molar-refractivity contribution in [3.05, 3.63) is 0 Å². The fourth-order valence-electron chi connectivity index (χ4n) is 1.57. The van der Waals surface area contributed by atoms with Gasteiger partial charge < -0.3 is 10.8 Å². The van der Waals surface area contributed by atoms with Crippen molar-refractivity contribution in [2.75, 3.05) is 0 Å². The van der Waals surface area contributed by atoms with Crippen LogP contribution < -0.4 is 5.73 Å². The van der Waals surface area contributed by atoms with Crippen LogP contribution in [0.4, 0.5) is 0 Å². The first-order valence-electron chi connectivity index (χ1n) is 4.53. The molecule has 0 spiro atoms. The predicted molar refractivity (Wildman–Crippen MR) is 46.7 cm³/mol. The molecule has 4 heteroatoms. The van der Waals surface area contributed by atoms with Crippen molar-refractivity contribution in [1.82, 2.24) is 0 Å². The number of hydrogen-bond acceptors (Lipinski definition) is 3. The SMILES string of the molecule is N#CC(CC(N)C(=O)O)C1CCC1. The fraction of sp³-hybridized carbons (Fsp3) is 0.778. The summed E-state index contributed by atoms with van der Waals surface area (Å²) < 4.78 is 0. The topological polar surface area (TPSA) is 87.1 Å². The highest BCUT2D eigenvalue weighted by atomic mass is 16.4. The van der Waals surface area contributed by atoms with Gasteiger partial charge in [0, 0.05) is 0 Å². The first kappa shape index (κ1) is 10.0. The molecular formula is C9H14N2O2. The lowest BCUT2D eigenvalue weighted by Crippen LogP contribution is -2.35. The summed E-state index contributed by atoms with van der Waals surface area (Å²) in [5, 5.41) is 17.4. The zero-order valence-corrected chi connectivity index (χ0v) is 7.44. The zero-order chi connectivity index (χ0) is 9.84. The highest BCUT2D eigenvalue weighted by molar-refractivity contribution is 5.73. The summed E-state index contributed by atoms with van der Waals surface area (Å²) in [5.74, 6) is -0.796. The van der Waals surface area contributed by atoms with Gasteiger partial charge in [0.15, 0.2) is 0 Å². The molecule has 0 bridgehead atoms. The minimum Gasteiger partial charge on any atom is -0.480 e. The van der Waals surface area contributed by atoms with E-state index in [4.69, 9.17) is 16.1 Å². The van der Waals surface area contributed by atoms with Crippen LogP contribution in [0.2, 0.25) is 0 Å². The molecule has 0 aromatic heterocycles. The van der Waals surface area contributed by atoms with E-state index in [9.17, 15) is 4.79 Å². The second kappa shape index (κ2) is 4.24. The third-order valence-electron chi connectivity index (χ3n) is 2.71. The van der Waals surface area contributed by atoms with Gasteiger partial charge in [0.1, 0.15) is 6.04 Å². The largest absolute Gasteiger partial charge is 0.480 e. The smallest absolute Gasteiger partial charge is 0.320 e. The molecule has 0 aliphatic heterocycles. The summed E-state index contributed by atoms with van der Waals surface area (Å²) in [6.45, 7) is 0. The molecule has 0 aromatic rings. The van der Waals surface area contributed by atoms with Gasteiger partial charge in [-0.3, -0.25) is 4.79 Å². The van der Waals surface area contributed by atoms with Gasteiger partial charge in [-0.25, -0.2) is 0 Å². The van der Waals surface area contributed by atoms with Crippen LogP contribution in [0, 0.1) is 23.2 Å². The molecule has 2 atom stereocenters. The molecule has 1 aliphatic rings. The number of nitrogens with zero attached hydrogens (tertiary/aromatic N) is 1. The van der Waals surface area contributed by atoms with Crippen molar-refractivity contribution in [3.8, 4) is 6.07 Å². The average molecular weight is 182 g/mol. The van der Waals surface area contributed by atoms with E-state index in [0.29, 0.717) is 5.92 Å². The summed E-state index contributed by atoms with van der Waals surface area (Å²) in [7, 11) is 0. The maximum absolute atomic E-state index is 10.4. The molecule has 1 fully saturated rings. The fourth-order valence-corrected chi connectivity index (χ4v) is 1.57. The minimum absolute atomic E-state index is 0.167. The Balaban J connectivity index is 2.40. The quantitative estimate of drug-likeness (QED) is 0.670. The van der Waals surface area contributed by atoms with Crippen LogP contribution in [0.25, 0.3) is 0 Å². The van der Waals surface area contributed by atoms with Gasteiger partial charge >= 0.3 is 5.97 Å². The third-order valence-corrected chi connectivity index (χ3v) is 2.71. The number of rotatable bonds is 4. The standard InChI is InChI=1S/C9H14N2O2/c10-5-7(6-2-1-3-6)4-8(11)9(12)13/h6-8H,1-4,11H2,(H,12,13). The van der Waals surface area contributed by atoms with E-state index in [1.807, 2.05) is 0 Å². The van der Waals surface area contributed by atoms with Crippen LogP contribution in [0.15, 0.2) is 0 Å². The Hall–Kier alpha value is -1.08. The van der Waals surface area contributed by atoms with E-state index in [1.54, 1.807) is 0 Å². The van der Waals surface area contributed by atoms with Crippen LogP contribution in [0.1, 0.15) is 25.7 Å². The molecule has 0 heterocycles. The highest BCUT2D eigenvalue weighted by Gasteiger charge is 2.30. The maximum atomic E-state index is 10.4. The molecule has 0 aromatic carbocycles. The predicted octanol–water partition coefficient (Wildman–Crippen LogP) is 0.728. The van der Waals surface area contributed by atoms with Crippen molar-refractivity contribution in [2.45, 2.75) is 31.7 Å². The van der Waals surface area contributed by atoms with Gasteiger partial charge in [-0.1, -0.05) is 6.42 Å². The molecule has 1 rings (SSSR count). The van der Waals surface area contributed by atoms with Gasteiger partial charge in [0.25, 0.3) is 0 Å². The van der Waals surface area contributed by atoms with Gasteiger partial charge in [0.2, 0.25) is 0 Å². The Kier molecular flexibility index (Phi) is 3.26. The highest BCUT2D eigenvalue weighted by Crippen LogP contribution is 2.35. The molecule has 13 heavy (non-hydrogen) atoms. The number of hydrogen-bond donors (Lipinski definition) is 2. The van der Waals surface area contributed by atoms with Crippen molar-refractivity contribution < 1.29 is 9.90 Å². The first-order valence-corrected chi connectivity index (χ1v) is 4.53. The van der Waals surface area contributed by atoms with Crippen molar-refractivity contribution in [3.63, 3.8) is 0 Å². The Labute approximate surface area is 77.3 Å². The van der Waals surface area contributed by atoms with E-state index in [2.05, 4.69) is 6.07 Å². The van der Waals surface area contributed by atoms with E-state index in [1.165, 1.54) is 0 Å². The van der Waals surface area contributed by atoms with Gasteiger partial charge in [0.05, 0.1) is 12.0 Å². The van der Waals surface area contributed by atoms with E-state index in [-0.39, 0.29) is 12.3 Å². The minimum atomic E-state index is -1.01. The normalized spacial score (nSPS) is 21.2. The van der Waals surface area contributed by atoms with E-state index < -0.39 is 12.0 Å². The Bertz CT molecular complexity index is 230. The summed E-state index contributed by atoms with van der Waals surface area (Å²) >= 11 is 0. The summed E-state index contributed by atoms with van der Waals surface area (Å²) in [6.07, 6.45) is 3.54. The number of nitriles is 1. The number of carboxylic acid groups (broad SMARTS) is 1. The lowest BCUT2D eigenvalue weighted by Gasteiger charge is -2.30. The molecule has 0 radical (unpaired) electrons. The van der Waals surface area contributed by atoms with Crippen molar-refractivity contribution in [1.29, 1.82) is 5.26 Å². The molecule has 72 valence electrons. The monoisotopic (exact) mass is 182 g/mol. The Morgan fingerprint density at radius 1 is 1.69 bits per heavy atom. The Morgan fingerprint density at radius 2 is 2.31 bits per heavy atom. The van der Waals surface area contributed by atoms with Crippen LogP contribution in [-0.4, -0.2) is 17.1 Å². The van der Waals surface area contributed by atoms with E-state index in [0.717, 1.165) is 19.3 Å². The van der Waals surface area contributed by atoms with Crippen LogP contribution in [-0.2, 0) is 4.79 Å². The zero-order valence-electron chi connectivity index (χ0n) is 7.44. The molecule has 3 N–H and O–H groups in total. The third kappa shape index (κ3) is 2.43. The Morgan fingerprint density at radius 3 is 2.62 bits per heavy atom. The van der Waals surface area contributed by atoms with E-state index >= 15 is 0 Å². The number of carbonyl (C=O) groups is 1. The number of nitrogens with two attached hydrogens (primary N) is 1. The van der Waals surface area contributed by atoms with Crippen molar-refractivity contribution in [2.24, 2.45) is 17.6 Å². The molecule has 4 nitrogen and oxygen atoms in total. The van der Waals surface area contributed by atoms with Crippen molar-refractivity contribution >= 4 is 5.97 Å². The number of aliphatic carboxylic acids is 1. The summed E-state index contributed by atoms with van der Waals surface area (Å²) in [5.41, 5.74) is 5.36. The van der Waals surface area contributed by atoms with Crippen LogP contribution >= 0.6 is 0 Å². The van der Waals surface area contributed by atoms with Gasteiger partial charge in [-0.15, -0.1) is 0 Å². The lowest BCUT2D eigenvalue weighted by atomic mass is 9.74. The molecule has 0 saturated heterocycles. The molecule has 1 saturated carbocycles. The van der Waals surface area contributed by atoms with Crippen LogP contribution in [0.3, 0.4) is 0 Å². The first-order chi connectivity index (χ1) is 6.15. The lowest BCUT2D eigenvalue weighted by molar-refractivity contribution is -0.139. The molecule has 2 unspecified atom stereocenters. The second-order valence-corrected chi connectivity index (χ2v) is 3.61. The summed E-state index contributed by atoms with van der Waals surface area (Å²) in [6, 6.07) is 1.26.